The van der Waals surface area contributed by atoms with E-state index in [0.717, 1.165) is 19.4 Å². The summed E-state index contributed by atoms with van der Waals surface area (Å²) in [5.74, 6) is -0.226. The molecule has 146 valence electrons. The number of sulfonamides is 1. The molecule has 26 heavy (non-hydrogen) atoms. The van der Waals surface area contributed by atoms with Crippen LogP contribution < -0.4 is 10.0 Å². The van der Waals surface area contributed by atoms with Crippen molar-refractivity contribution in [2.45, 2.75) is 56.6 Å². The number of anilines is 1. The van der Waals surface area contributed by atoms with E-state index < -0.39 is 15.6 Å². The van der Waals surface area contributed by atoms with Crippen LogP contribution in [0.15, 0.2) is 29.2 Å². The smallest absolute Gasteiger partial charge is 0.241 e. The Hall–Kier alpha value is -1.48. The summed E-state index contributed by atoms with van der Waals surface area (Å²) in [7, 11) is -3.65. The van der Waals surface area contributed by atoms with Crippen LogP contribution in [-0.4, -0.2) is 45.8 Å². The SMILES string of the molecule is CC(C)(C)NS(=O)(=O)c1cccc(NC(=O)CCOCC2CCCO2)c1. The lowest BCUT2D eigenvalue weighted by atomic mass is 10.1. The molecule has 1 unspecified atom stereocenters. The third kappa shape index (κ3) is 7.03. The summed E-state index contributed by atoms with van der Waals surface area (Å²) in [6.45, 7) is 6.89. The number of nitrogens with one attached hydrogen (secondary N) is 2. The molecule has 8 heteroatoms. The van der Waals surface area contributed by atoms with Gasteiger partial charge in [-0.15, -0.1) is 0 Å². The number of rotatable bonds is 8. The van der Waals surface area contributed by atoms with Crippen molar-refractivity contribution in [3.05, 3.63) is 24.3 Å². The van der Waals surface area contributed by atoms with Gasteiger partial charge in [0, 0.05) is 17.8 Å². The molecule has 0 aromatic heterocycles. The Bertz CT molecular complexity index is 707. The average Bonchev–Trinajstić information content (AvgIpc) is 3.03. The van der Waals surface area contributed by atoms with Gasteiger partial charge in [0.1, 0.15) is 0 Å². The molecule has 0 bridgehead atoms. The van der Waals surface area contributed by atoms with Crippen molar-refractivity contribution in [1.29, 1.82) is 0 Å². The van der Waals surface area contributed by atoms with Crippen molar-refractivity contribution in [3.8, 4) is 0 Å². The van der Waals surface area contributed by atoms with E-state index >= 15 is 0 Å². The number of carbonyl (C=O) groups excluding carboxylic acids is 1. The number of hydrogen-bond acceptors (Lipinski definition) is 5. The van der Waals surface area contributed by atoms with Crippen LogP contribution in [0.5, 0.6) is 0 Å². The standard InChI is InChI=1S/C18H28N2O5S/c1-18(2,3)20-26(22,23)16-8-4-6-14(12-16)19-17(21)9-11-24-13-15-7-5-10-25-15/h4,6,8,12,15,20H,5,7,9-11,13H2,1-3H3,(H,19,21). The van der Waals surface area contributed by atoms with Crippen molar-refractivity contribution in [2.24, 2.45) is 0 Å². The molecule has 0 saturated carbocycles. The summed E-state index contributed by atoms with van der Waals surface area (Å²) in [5, 5.41) is 2.70. The van der Waals surface area contributed by atoms with Gasteiger partial charge in [0.2, 0.25) is 15.9 Å². The molecule has 1 aromatic rings. The van der Waals surface area contributed by atoms with E-state index in [4.69, 9.17) is 9.47 Å². The second kappa shape index (κ2) is 8.94. The second-order valence-electron chi connectivity index (χ2n) is 7.39. The number of hydrogen-bond donors (Lipinski definition) is 2. The Morgan fingerprint density at radius 2 is 2.12 bits per heavy atom. The highest BCUT2D eigenvalue weighted by Crippen LogP contribution is 2.18. The van der Waals surface area contributed by atoms with Crippen LogP contribution >= 0.6 is 0 Å². The number of ether oxygens (including phenoxy) is 2. The molecule has 1 heterocycles. The summed E-state index contributed by atoms with van der Waals surface area (Å²) in [5.41, 5.74) is -0.149. The fourth-order valence-corrected chi connectivity index (χ4v) is 4.05. The predicted molar refractivity (Wildman–Crippen MR) is 99.6 cm³/mol. The van der Waals surface area contributed by atoms with Gasteiger partial charge in [-0.3, -0.25) is 4.79 Å². The Labute approximate surface area is 155 Å². The van der Waals surface area contributed by atoms with Crippen molar-refractivity contribution in [3.63, 3.8) is 0 Å². The fraction of sp³-hybridized carbons (Fsp3) is 0.611. The van der Waals surface area contributed by atoms with Gasteiger partial charge in [-0.25, -0.2) is 13.1 Å². The first kappa shape index (κ1) is 20.8. The first-order valence-corrected chi connectivity index (χ1v) is 10.3. The lowest BCUT2D eigenvalue weighted by Gasteiger charge is -2.20. The predicted octanol–water partition coefficient (Wildman–Crippen LogP) is 2.29. The molecule has 1 aromatic carbocycles. The van der Waals surface area contributed by atoms with Gasteiger partial charge >= 0.3 is 0 Å². The second-order valence-corrected chi connectivity index (χ2v) is 9.07. The van der Waals surface area contributed by atoms with Gasteiger partial charge in [0.25, 0.3) is 0 Å². The van der Waals surface area contributed by atoms with Crippen molar-refractivity contribution < 1.29 is 22.7 Å². The normalized spacial score (nSPS) is 18.0. The van der Waals surface area contributed by atoms with E-state index in [-0.39, 0.29) is 23.3 Å². The maximum atomic E-state index is 12.4. The third-order valence-corrected chi connectivity index (χ3v) is 5.43. The minimum Gasteiger partial charge on any atom is -0.378 e. The average molecular weight is 384 g/mol. The Morgan fingerprint density at radius 1 is 1.35 bits per heavy atom. The quantitative estimate of drug-likeness (QED) is 0.671. The lowest BCUT2D eigenvalue weighted by Crippen LogP contribution is -2.40. The molecule has 0 spiro atoms. The molecule has 1 amide bonds. The van der Waals surface area contributed by atoms with Gasteiger partial charge in [0.05, 0.1) is 30.6 Å². The molecule has 1 aliphatic heterocycles. The van der Waals surface area contributed by atoms with Gasteiger partial charge in [-0.2, -0.15) is 0 Å². The van der Waals surface area contributed by atoms with Crippen molar-refractivity contribution >= 4 is 21.6 Å². The Kier molecular flexibility index (Phi) is 7.16. The first-order valence-electron chi connectivity index (χ1n) is 8.79. The summed E-state index contributed by atoms with van der Waals surface area (Å²) in [6, 6.07) is 6.19. The van der Waals surface area contributed by atoms with Gasteiger partial charge in [-0.1, -0.05) is 6.07 Å². The molecule has 0 radical (unpaired) electrons. The summed E-state index contributed by atoms with van der Waals surface area (Å²) in [6.07, 6.45) is 2.38. The molecule has 1 atom stereocenters. The highest BCUT2D eigenvalue weighted by molar-refractivity contribution is 7.89. The highest BCUT2D eigenvalue weighted by atomic mass is 32.2. The van der Waals surface area contributed by atoms with E-state index in [0.29, 0.717) is 18.9 Å². The van der Waals surface area contributed by atoms with E-state index in [1.54, 1.807) is 32.9 Å². The zero-order valence-corrected chi connectivity index (χ0v) is 16.4. The summed E-state index contributed by atoms with van der Waals surface area (Å²) >= 11 is 0. The molecule has 1 fully saturated rings. The molecule has 0 aliphatic carbocycles. The topological polar surface area (TPSA) is 93.7 Å². The van der Waals surface area contributed by atoms with Crippen LogP contribution in [0.4, 0.5) is 5.69 Å². The van der Waals surface area contributed by atoms with E-state index in [1.807, 2.05) is 0 Å². The number of benzene rings is 1. The minimum absolute atomic E-state index is 0.111. The van der Waals surface area contributed by atoms with Crippen molar-refractivity contribution in [2.75, 3.05) is 25.1 Å². The Balaban J connectivity index is 1.84. The monoisotopic (exact) mass is 384 g/mol. The van der Waals surface area contributed by atoms with Gasteiger partial charge in [-0.05, 0) is 51.8 Å². The van der Waals surface area contributed by atoms with Crippen molar-refractivity contribution in [1.82, 2.24) is 4.72 Å². The number of carbonyl (C=O) groups is 1. The van der Waals surface area contributed by atoms with E-state index in [2.05, 4.69) is 10.0 Å². The maximum absolute atomic E-state index is 12.4. The van der Waals surface area contributed by atoms with Crippen LogP contribution in [0, 0.1) is 0 Å². The van der Waals surface area contributed by atoms with E-state index in [9.17, 15) is 13.2 Å². The van der Waals surface area contributed by atoms with Crippen LogP contribution in [0.3, 0.4) is 0 Å². The largest absolute Gasteiger partial charge is 0.378 e. The molecule has 1 saturated heterocycles. The van der Waals surface area contributed by atoms with Gasteiger partial charge < -0.3 is 14.8 Å². The molecular formula is C18H28N2O5S. The zero-order valence-electron chi connectivity index (χ0n) is 15.6. The molecule has 7 nitrogen and oxygen atoms in total. The van der Waals surface area contributed by atoms with Crippen LogP contribution in [0.25, 0.3) is 0 Å². The molecule has 2 N–H and O–H groups in total. The maximum Gasteiger partial charge on any atom is 0.241 e. The van der Waals surface area contributed by atoms with E-state index in [1.165, 1.54) is 12.1 Å². The molecule has 1 aliphatic rings. The fourth-order valence-electron chi connectivity index (χ4n) is 2.58. The number of amides is 1. The first-order chi connectivity index (χ1) is 12.2. The molecule has 2 rings (SSSR count). The summed E-state index contributed by atoms with van der Waals surface area (Å²) < 4.78 is 38.2. The minimum atomic E-state index is -3.65. The Morgan fingerprint density at radius 3 is 2.77 bits per heavy atom. The lowest BCUT2D eigenvalue weighted by molar-refractivity contribution is -0.117. The van der Waals surface area contributed by atoms with Gasteiger partial charge in [0.15, 0.2) is 0 Å². The third-order valence-electron chi connectivity index (χ3n) is 3.67. The van der Waals surface area contributed by atoms with Crippen LogP contribution in [0.2, 0.25) is 0 Å². The van der Waals surface area contributed by atoms with Crippen LogP contribution in [-0.2, 0) is 24.3 Å². The zero-order chi connectivity index (χ0) is 19.2. The highest BCUT2D eigenvalue weighted by Gasteiger charge is 2.22. The van der Waals surface area contributed by atoms with Crippen LogP contribution in [0.1, 0.15) is 40.0 Å². The molecular weight excluding hydrogens is 356 g/mol. The summed E-state index contributed by atoms with van der Waals surface area (Å²) in [4.78, 5) is 12.1.